The number of para-hydroxylation sites is 2. The van der Waals surface area contributed by atoms with Crippen molar-refractivity contribution < 1.29 is 4.21 Å². The molecule has 3 aromatic rings. The molecule has 33 heavy (non-hydrogen) atoms. The average Bonchev–Trinajstić information content (AvgIpc) is 2.79. The predicted molar refractivity (Wildman–Crippen MR) is 141 cm³/mol. The molecule has 0 radical (unpaired) electrons. The van der Waals surface area contributed by atoms with Crippen molar-refractivity contribution in [2.24, 2.45) is 9.98 Å². The van der Waals surface area contributed by atoms with Gasteiger partial charge in [-0.3, -0.25) is 14.2 Å². The van der Waals surface area contributed by atoms with Crippen LogP contribution in [0.5, 0.6) is 0 Å². The van der Waals surface area contributed by atoms with Crippen LogP contribution in [-0.2, 0) is 10.8 Å². The quantitative estimate of drug-likeness (QED) is 0.347. The second-order valence-corrected chi connectivity index (χ2v) is 10.2. The lowest BCUT2D eigenvalue weighted by molar-refractivity contribution is 0.687. The van der Waals surface area contributed by atoms with Gasteiger partial charge in [0.15, 0.2) is 0 Å². The SMILES string of the molecule is CC(=Nc1ccccc1S(C)=O)c1cccc(C(C)=Nc2c(C(C)C)cccc2C(C)C)n1. The number of pyridine rings is 1. The molecule has 1 atom stereocenters. The fourth-order valence-electron chi connectivity index (χ4n) is 3.73. The van der Waals surface area contributed by atoms with Gasteiger partial charge in [-0.25, -0.2) is 4.98 Å². The molecule has 1 aromatic heterocycles. The van der Waals surface area contributed by atoms with Crippen LogP contribution in [0.3, 0.4) is 0 Å². The van der Waals surface area contributed by atoms with E-state index in [4.69, 9.17) is 15.0 Å². The Morgan fingerprint density at radius 3 is 1.82 bits per heavy atom. The van der Waals surface area contributed by atoms with Gasteiger partial charge in [0.1, 0.15) is 0 Å². The zero-order valence-electron chi connectivity index (χ0n) is 20.6. The van der Waals surface area contributed by atoms with Gasteiger partial charge in [0.25, 0.3) is 0 Å². The largest absolute Gasteiger partial charge is 0.255 e. The molecule has 0 bridgehead atoms. The Bertz CT molecular complexity index is 1200. The third-order valence-corrected chi connectivity index (χ3v) is 6.54. The van der Waals surface area contributed by atoms with Crippen molar-refractivity contribution >= 4 is 33.6 Å². The minimum atomic E-state index is -1.11. The molecule has 5 heteroatoms. The molecule has 0 fully saturated rings. The van der Waals surface area contributed by atoms with Crippen molar-refractivity contribution in [2.75, 3.05) is 6.26 Å². The van der Waals surface area contributed by atoms with Crippen LogP contribution in [0.4, 0.5) is 11.4 Å². The normalized spacial score (nSPS) is 13.6. The summed E-state index contributed by atoms with van der Waals surface area (Å²) in [4.78, 5) is 15.4. The maximum atomic E-state index is 12.1. The summed E-state index contributed by atoms with van der Waals surface area (Å²) in [6, 6.07) is 19.9. The van der Waals surface area contributed by atoms with Crippen molar-refractivity contribution in [3.05, 3.63) is 83.2 Å². The van der Waals surface area contributed by atoms with Crippen LogP contribution in [0.1, 0.15) is 75.9 Å². The molecule has 3 rings (SSSR count). The number of aromatic nitrogens is 1. The third kappa shape index (κ3) is 5.91. The van der Waals surface area contributed by atoms with E-state index in [1.165, 1.54) is 11.1 Å². The minimum absolute atomic E-state index is 0.383. The Balaban J connectivity index is 2.03. The second-order valence-electron chi connectivity index (χ2n) is 8.82. The predicted octanol–water partition coefficient (Wildman–Crippen LogP) is 7.35. The zero-order chi connectivity index (χ0) is 24.1. The van der Waals surface area contributed by atoms with Crippen molar-refractivity contribution in [3.8, 4) is 0 Å². The lowest BCUT2D eigenvalue weighted by Crippen LogP contribution is -2.06. The van der Waals surface area contributed by atoms with Crippen molar-refractivity contribution in [1.29, 1.82) is 0 Å². The number of rotatable bonds is 7. The second kappa shape index (κ2) is 10.8. The zero-order valence-corrected chi connectivity index (χ0v) is 21.4. The molecule has 172 valence electrons. The van der Waals surface area contributed by atoms with Crippen molar-refractivity contribution in [3.63, 3.8) is 0 Å². The standard InChI is InChI=1S/C28H33N3OS/c1-18(2)22-12-10-13-23(19(3)4)28(22)30-21(6)25-16-11-15-24(31-25)20(5)29-26-14-8-9-17-27(26)33(7)32/h8-19H,1-7H3. The molecule has 0 saturated carbocycles. The summed E-state index contributed by atoms with van der Waals surface area (Å²) in [5.74, 6) is 0.765. The third-order valence-electron chi connectivity index (χ3n) is 5.58. The molecular weight excluding hydrogens is 426 g/mol. The van der Waals surface area contributed by atoms with Gasteiger partial charge in [0, 0.05) is 6.26 Å². The van der Waals surface area contributed by atoms with Gasteiger partial charge in [0.05, 0.1) is 49.9 Å². The molecule has 0 spiro atoms. The van der Waals surface area contributed by atoms with E-state index in [1.807, 2.05) is 56.3 Å². The van der Waals surface area contributed by atoms with E-state index in [1.54, 1.807) is 6.26 Å². The van der Waals surface area contributed by atoms with Crippen LogP contribution in [0.15, 0.2) is 75.5 Å². The molecule has 0 N–H and O–H groups in total. The lowest BCUT2D eigenvalue weighted by Gasteiger charge is -2.17. The van der Waals surface area contributed by atoms with Crippen molar-refractivity contribution in [2.45, 2.75) is 58.3 Å². The number of nitrogens with zero attached hydrogens (tertiary/aromatic N) is 3. The molecule has 0 aliphatic heterocycles. The maximum Gasteiger partial charge on any atom is 0.0849 e. The highest BCUT2D eigenvalue weighted by atomic mass is 32.2. The molecule has 1 unspecified atom stereocenters. The highest BCUT2D eigenvalue weighted by Gasteiger charge is 2.14. The van der Waals surface area contributed by atoms with E-state index in [2.05, 4.69) is 45.9 Å². The molecular formula is C28H33N3OS. The van der Waals surface area contributed by atoms with Gasteiger partial charge in [-0.2, -0.15) is 0 Å². The fourth-order valence-corrected chi connectivity index (χ4v) is 4.41. The first-order chi connectivity index (χ1) is 15.7. The summed E-state index contributed by atoms with van der Waals surface area (Å²) in [5, 5.41) is 0. The number of hydrogen-bond acceptors (Lipinski definition) is 4. The number of aliphatic imine (C=N–C) groups is 2. The summed E-state index contributed by atoms with van der Waals surface area (Å²) in [6.45, 7) is 12.7. The van der Waals surface area contributed by atoms with E-state index in [9.17, 15) is 4.21 Å². The highest BCUT2D eigenvalue weighted by molar-refractivity contribution is 7.84. The van der Waals surface area contributed by atoms with Crippen molar-refractivity contribution in [1.82, 2.24) is 4.98 Å². The summed E-state index contributed by atoms with van der Waals surface area (Å²) in [7, 11) is -1.11. The van der Waals surface area contributed by atoms with Gasteiger partial charge < -0.3 is 0 Å². The number of hydrogen-bond donors (Lipinski definition) is 0. The average molecular weight is 460 g/mol. The van der Waals surface area contributed by atoms with E-state index in [0.29, 0.717) is 17.5 Å². The first-order valence-electron chi connectivity index (χ1n) is 11.3. The fraction of sp³-hybridized carbons (Fsp3) is 0.321. The van der Waals surface area contributed by atoms with Crippen LogP contribution >= 0.6 is 0 Å². The summed E-state index contributed by atoms with van der Waals surface area (Å²) >= 11 is 0. The van der Waals surface area contributed by atoms with Gasteiger partial charge >= 0.3 is 0 Å². The lowest BCUT2D eigenvalue weighted by atomic mass is 9.93. The molecule has 1 heterocycles. The van der Waals surface area contributed by atoms with E-state index < -0.39 is 10.8 Å². The molecule has 0 saturated heterocycles. The van der Waals surface area contributed by atoms with E-state index >= 15 is 0 Å². The maximum absolute atomic E-state index is 12.1. The first-order valence-corrected chi connectivity index (χ1v) is 12.9. The highest BCUT2D eigenvalue weighted by Crippen LogP contribution is 2.35. The molecule has 0 amide bonds. The van der Waals surface area contributed by atoms with Gasteiger partial charge in [-0.05, 0) is 61.1 Å². The molecule has 0 aliphatic rings. The molecule has 0 aliphatic carbocycles. The van der Waals surface area contributed by atoms with Gasteiger partial charge in [0.2, 0.25) is 0 Å². The molecule has 4 nitrogen and oxygen atoms in total. The summed E-state index contributed by atoms with van der Waals surface area (Å²) < 4.78 is 12.1. The Hall–Kier alpha value is -2.92. The van der Waals surface area contributed by atoms with Crippen LogP contribution in [0, 0.1) is 0 Å². The van der Waals surface area contributed by atoms with E-state index in [-0.39, 0.29) is 0 Å². The van der Waals surface area contributed by atoms with Gasteiger partial charge in [-0.15, -0.1) is 0 Å². The van der Waals surface area contributed by atoms with Crippen LogP contribution in [-0.4, -0.2) is 26.9 Å². The minimum Gasteiger partial charge on any atom is -0.255 e. The summed E-state index contributed by atoms with van der Waals surface area (Å²) in [6.07, 6.45) is 1.67. The monoisotopic (exact) mass is 459 g/mol. The van der Waals surface area contributed by atoms with Crippen LogP contribution in [0.25, 0.3) is 0 Å². The number of benzene rings is 2. The summed E-state index contributed by atoms with van der Waals surface area (Å²) in [5.41, 5.74) is 7.50. The first kappa shape index (κ1) is 24.7. The molecule has 2 aromatic carbocycles. The van der Waals surface area contributed by atoms with Crippen LogP contribution < -0.4 is 0 Å². The Labute approximate surface area is 200 Å². The Morgan fingerprint density at radius 2 is 1.27 bits per heavy atom. The topological polar surface area (TPSA) is 54.7 Å². The smallest absolute Gasteiger partial charge is 0.0849 e. The van der Waals surface area contributed by atoms with Crippen LogP contribution in [0.2, 0.25) is 0 Å². The Morgan fingerprint density at radius 1 is 0.758 bits per heavy atom. The van der Waals surface area contributed by atoms with Gasteiger partial charge in [-0.1, -0.05) is 64.1 Å². The van der Waals surface area contributed by atoms with E-state index in [0.717, 1.165) is 33.4 Å². The Kier molecular flexibility index (Phi) is 8.09.